The quantitative estimate of drug-likeness (QED) is 0.783. The number of anilines is 1. The minimum absolute atomic E-state index is 0.0738. The number of hydrogen-bond acceptors (Lipinski definition) is 4. The van der Waals surface area contributed by atoms with Crippen LogP contribution in [0.1, 0.15) is 0 Å². The average molecular weight is 285 g/mol. The molecule has 21 heavy (non-hydrogen) atoms. The molecule has 0 aliphatic heterocycles. The topological polar surface area (TPSA) is 51.5 Å². The first kappa shape index (κ1) is 13.4. The Hall–Kier alpha value is -2.63. The molecule has 0 fully saturated rings. The molecule has 0 spiro atoms. The lowest BCUT2D eigenvalue weighted by Crippen LogP contribution is -1.98. The highest BCUT2D eigenvalue weighted by molar-refractivity contribution is 5.62. The van der Waals surface area contributed by atoms with Gasteiger partial charge in [0.25, 0.3) is 0 Å². The van der Waals surface area contributed by atoms with Gasteiger partial charge in [0.2, 0.25) is 5.78 Å². The summed E-state index contributed by atoms with van der Waals surface area (Å²) in [5, 5.41) is 2.98. The van der Waals surface area contributed by atoms with Crippen LogP contribution < -0.4 is 10.1 Å². The third kappa shape index (κ3) is 2.79. The molecule has 0 atom stereocenters. The second-order valence-corrected chi connectivity index (χ2v) is 4.46. The number of fused-ring (bicyclic) bond motifs is 1. The van der Waals surface area contributed by atoms with E-state index in [0.29, 0.717) is 11.5 Å². The molecule has 0 saturated carbocycles. The number of ether oxygens (including phenoxy) is 1. The van der Waals surface area contributed by atoms with Gasteiger partial charge in [0.15, 0.2) is 0 Å². The van der Waals surface area contributed by atoms with Crippen molar-refractivity contribution in [3.8, 4) is 17.0 Å². The molecular weight excluding hydrogens is 270 g/mol. The number of aromatic nitrogens is 3. The lowest BCUT2D eigenvalue weighted by atomic mass is 10.2. The van der Waals surface area contributed by atoms with E-state index in [1.807, 2.05) is 54.2 Å². The van der Waals surface area contributed by atoms with E-state index in [2.05, 4.69) is 15.3 Å². The minimum Gasteiger partial charge on any atom is -0.491 e. The second kappa shape index (κ2) is 5.78. The van der Waals surface area contributed by atoms with Crippen molar-refractivity contribution in [3.05, 3.63) is 42.7 Å². The van der Waals surface area contributed by atoms with E-state index in [9.17, 15) is 4.39 Å². The smallest absolute Gasteiger partial charge is 0.236 e. The molecule has 0 aliphatic carbocycles. The summed E-state index contributed by atoms with van der Waals surface area (Å²) >= 11 is 0. The summed E-state index contributed by atoms with van der Waals surface area (Å²) in [6.07, 6.45) is 3.82. The predicted molar refractivity (Wildman–Crippen MR) is 79.4 cm³/mol. The number of rotatable bonds is 5. The molecule has 1 aromatic carbocycles. The fourth-order valence-corrected chi connectivity index (χ4v) is 2.03. The highest BCUT2D eigenvalue weighted by Gasteiger charge is 2.06. The van der Waals surface area contributed by atoms with E-state index in [1.165, 1.54) is 0 Å². The maximum atomic E-state index is 12.1. The van der Waals surface area contributed by atoms with Crippen molar-refractivity contribution in [2.75, 3.05) is 25.6 Å². The average Bonchev–Trinajstić information content (AvgIpc) is 2.96. The molecule has 0 bridgehead atoms. The number of halogens is 1. The van der Waals surface area contributed by atoms with Gasteiger partial charge >= 0.3 is 0 Å². The van der Waals surface area contributed by atoms with Crippen LogP contribution in [0, 0.1) is 0 Å². The van der Waals surface area contributed by atoms with Crippen LogP contribution in [0.4, 0.5) is 10.2 Å². The molecule has 0 aliphatic rings. The van der Waals surface area contributed by atoms with E-state index >= 15 is 0 Å². The van der Waals surface area contributed by atoms with Gasteiger partial charge in [-0.05, 0) is 30.3 Å². The molecule has 3 rings (SSSR count). The molecular formula is C15H15FN4O. The van der Waals surface area contributed by atoms with Gasteiger partial charge in [-0.25, -0.2) is 9.37 Å². The first-order valence-corrected chi connectivity index (χ1v) is 6.63. The standard InChI is InChI=1S/C15H15FN4O/c1-17-14-6-8-20-10-13(18-15(20)19-14)11-2-4-12(5-3-11)21-9-7-16/h2-6,8,10H,7,9H2,1H3,(H,17,18,19)/i16-1. The van der Waals surface area contributed by atoms with E-state index in [4.69, 9.17) is 4.74 Å². The summed E-state index contributed by atoms with van der Waals surface area (Å²) < 4.78 is 19.1. The van der Waals surface area contributed by atoms with Crippen molar-refractivity contribution in [1.29, 1.82) is 0 Å². The lowest BCUT2D eigenvalue weighted by Gasteiger charge is -2.03. The van der Waals surface area contributed by atoms with Crippen LogP contribution in [0.2, 0.25) is 0 Å². The lowest BCUT2D eigenvalue weighted by molar-refractivity contribution is 0.273. The molecule has 3 aromatic rings. The highest BCUT2D eigenvalue weighted by Crippen LogP contribution is 2.22. The van der Waals surface area contributed by atoms with Crippen molar-refractivity contribution in [2.45, 2.75) is 0 Å². The van der Waals surface area contributed by atoms with E-state index in [1.54, 1.807) is 0 Å². The zero-order valence-corrected chi connectivity index (χ0v) is 11.6. The Labute approximate surface area is 121 Å². The van der Waals surface area contributed by atoms with Crippen LogP contribution in [0.15, 0.2) is 42.7 Å². The van der Waals surface area contributed by atoms with Crippen LogP contribution in [0.3, 0.4) is 0 Å². The van der Waals surface area contributed by atoms with Gasteiger partial charge in [0, 0.05) is 25.0 Å². The Morgan fingerprint density at radius 1 is 1.19 bits per heavy atom. The van der Waals surface area contributed by atoms with Crippen LogP contribution in [-0.2, 0) is 0 Å². The number of nitrogens with zero attached hydrogens (tertiary/aromatic N) is 3. The van der Waals surface area contributed by atoms with Gasteiger partial charge in [0.1, 0.15) is 24.8 Å². The number of nitrogens with one attached hydrogen (secondary N) is 1. The van der Waals surface area contributed by atoms with Gasteiger partial charge in [0.05, 0.1) is 5.69 Å². The van der Waals surface area contributed by atoms with Crippen LogP contribution in [0.25, 0.3) is 17.0 Å². The van der Waals surface area contributed by atoms with Crippen molar-refractivity contribution >= 4 is 11.6 Å². The Bertz CT molecular complexity index is 739. The summed E-state index contributed by atoms with van der Waals surface area (Å²) in [5.41, 5.74) is 1.78. The van der Waals surface area contributed by atoms with Crippen LogP contribution in [-0.4, -0.2) is 34.7 Å². The number of hydrogen-bond donors (Lipinski definition) is 1. The summed E-state index contributed by atoms with van der Waals surface area (Å²) in [4.78, 5) is 8.87. The Balaban J connectivity index is 1.89. The van der Waals surface area contributed by atoms with Gasteiger partial charge < -0.3 is 10.1 Å². The van der Waals surface area contributed by atoms with E-state index < -0.39 is 6.67 Å². The Morgan fingerprint density at radius 2 is 2.00 bits per heavy atom. The van der Waals surface area contributed by atoms with Gasteiger partial charge in [-0.3, -0.25) is 4.40 Å². The summed E-state index contributed by atoms with van der Waals surface area (Å²) in [7, 11) is 1.82. The molecule has 5 nitrogen and oxygen atoms in total. The zero-order valence-electron chi connectivity index (χ0n) is 11.6. The third-order valence-electron chi connectivity index (χ3n) is 3.08. The molecule has 2 aromatic heterocycles. The fourth-order valence-electron chi connectivity index (χ4n) is 2.03. The van der Waals surface area contributed by atoms with Gasteiger partial charge in [-0.15, -0.1) is 0 Å². The van der Waals surface area contributed by atoms with Crippen molar-refractivity contribution in [2.24, 2.45) is 0 Å². The molecule has 0 amide bonds. The predicted octanol–water partition coefficient (Wildman–Crippen LogP) is 2.79. The maximum Gasteiger partial charge on any atom is 0.236 e. The Kier molecular flexibility index (Phi) is 3.68. The first-order chi connectivity index (χ1) is 10.3. The van der Waals surface area contributed by atoms with E-state index in [-0.39, 0.29) is 6.61 Å². The fraction of sp³-hybridized carbons (Fsp3) is 0.200. The molecule has 1 N–H and O–H groups in total. The SMILES string of the molecule is CNc1ccn2cc(-c3ccc(OCC[18F])cc3)nc2n1. The minimum atomic E-state index is -0.492. The van der Waals surface area contributed by atoms with Crippen LogP contribution in [0.5, 0.6) is 5.75 Å². The monoisotopic (exact) mass is 285 g/mol. The number of imidazole rings is 1. The summed E-state index contributed by atoms with van der Waals surface area (Å²) in [6.45, 7) is -0.419. The normalized spacial score (nSPS) is 10.8. The van der Waals surface area contributed by atoms with Gasteiger partial charge in [-0.2, -0.15) is 4.98 Å². The zero-order chi connectivity index (χ0) is 14.7. The molecule has 0 unspecified atom stereocenters. The molecule has 2 heterocycles. The van der Waals surface area contributed by atoms with Crippen LogP contribution >= 0.6 is 0 Å². The highest BCUT2D eigenvalue weighted by atomic mass is 18.2. The Morgan fingerprint density at radius 3 is 2.71 bits per heavy atom. The van der Waals surface area contributed by atoms with Crippen molar-refractivity contribution in [1.82, 2.24) is 14.4 Å². The number of alkyl halides is 1. The number of benzene rings is 1. The summed E-state index contributed by atoms with van der Waals surface area (Å²) in [6, 6.07) is 9.29. The third-order valence-corrected chi connectivity index (χ3v) is 3.08. The molecule has 0 saturated heterocycles. The molecule has 6 heteroatoms. The molecule has 0 radical (unpaired) electrons. The first-order valence-electron chi connectivity index (χ1n) is 6.63. The second-order valence-electron chi connectivity index (χ2n) is 4.46. The molecule has 108 valence electrons. The van der Waals surface area contributed by atoms with Crippen molar-refractivity contribution in [3.63, 3.8) is 0 Å². The van der Waals surface area contributed by atoms with E-state index in [0.717, 1.165) is 17.1 Å². The largest absolute Gasteiger partial charge is 0.491 e. The van der Waals surface area contributed by atoms with Crippen molar-refractivity contribution < 1.29 is 9.13 Å². The van der Waals surface area contributed by atoms with Gasteiger partial charge in [-0.1, -0.05) is 0 Å². The maximum absolute atomic E-state index is 12.1. The summed E-state index contributed by atoms with van der Waals surface area (Å²) in [5.74, 6) is 2.06.